The molecule has 14 heteroatoms. The molecule has 4 rings (SSSR count). The molecular weight excluding hydrogens is 540 g/mol. The molecule has 0 fully saturated rings. The number of para-hydroxylation sites is 1. The van der Waals surface area contributed by atoms with Crippen molar-refractivity contribution in [1.82, 2.24) is 4.98 Å². The quantitative estimate of drug-likeness (QED) is 0.251. The van der Waals surface area contributed by atoms with Crippen LogP contribution in [0.25, 0.3) is 0 Å². The minimum Gasteiger partial charge on any atom is -0.298 e. The Morgan fingerprint density at radius 1 is 0.919 bits per heavy atom. The molecule has 1 heterocycles. The van der Waals surface area contributed by atoms with Gasteiger partial charge in [0.25, 0.3) is 21.6 Å². The van der Waals surface area contributed by atoms with Crippen molar-refractivity contribution >= 4 is 53.6 Å². The average molecular weight is 559 g/mol. The van der Waals surface area contributed by atoms with Gasteiger partial charge in [-0.3, -0.25) is 24.5 Å². The van der Waals surface area contributed by atoms with Gasteiger partial charge in [0, 0.05) is 24.7 Å². The molecule has 37 heavy (non-hydrogen) atoms. The van der Waals surface area contributed by atoms with Crippen molar-refractivity contribution in [2.75, 3.05) is 16.7 Å². The summed E-state index contributed by atoms with van der Waals surface area (Å²) in [6.45, 7) is 0. The van der Waals surface area contributed by atoms with Gasteiger partial charge in [-0.05, 0) is 48.5 Å². The number of nitrogens with one attached hydrogen (secondary N) is 1. The van der Waals surface area contributed by atoms with E-state index >= 15 is 0 Å². The second-order valence-electron chi connectivity index (χ2n) is 7.53. The number of non-ortho nitro benzene ring substituents is 1. The molecule has 0 bridgehead atoms. The SMILES string of the molecule is CN(c1ccccc1)S(=O)(=O)c1ccc(C(=O)Nc2ncc(S(=O)(=O)c3ccc([N+](=O)[O-])cc3)s2)cc1. The maximum absolute atomic E-state index is 12.9. The van der Waals surface area contributed by atoms with Crippen molar-refractivity contribution < 1.29 is 26.6 Å². The molecule has 0 aliphatic carbocycles. The number of anilines is 2. The molecular formula is C23H18N4O7S3. The molecule has 0 aliphatic heterocycles. The van der Waals surface area contributed by atoms with Gasteiger partial charge in [0.15, 0.2) is 5.13 Å². The van der Waals surface area contributed by atoms with Crippen molar-refractivity contribution in [3.05, 3.63) is 101 Å². The van der Waals surface area contributed by atoms with E-state index in [1.165, 1.54) is 31.3 Å². The summed E-state index contributed by atoms with van der Waals surface area (Å²) in [6, 6.07) is 18.2. The molecule has 1 amide bonds. The Hall–Kier alpha value is -4.14. The Morgan fingerprint density at radius 2 is 1.51 bits per heavy atom. The van der Waals surface area contributed by atoms with Crippen LogP contribution in [0, 0.1) is 10.1 Å². The largest absolute Gasteiger partial charge is 0.298 e. The van der Waals surface area contributed by atoms with Gasteiger partial charge in [-0.15, -0.1) is 0 Å². The van der Waals surface area contributed by atoms with E-state index in [1.54, 1.807) is 30.3 Å². The number of sulfone groups is 1. The zero-order valence-corrected chi connectivity index (χ0v) is 21.5. The number of nitrogens with zero attached hydrogens (tertiary/aromatic N) is 3. The second-order valence-corrected chi connectivity index (χ2v) is 12.7. The number of carbonyl (C=O) groups excluding carboxylic acids is 1. The lowest BCUT2D eigenvalue weighted by Gasteiger charge is -2.19. The molecule has 4 aromatic rings. The maximum Gasteiger partial charge on any atom is 0.269 e. The number of sulfonamides is 1. The van der Waals surface area contributed by atoms with Gasteiger partial charge in [0.1, 0.15) is 4.21 Å². The van der Waals surface area contributed by atoms with Crippen LogP contribution in [0.15, 0.2) is 99.1 Å². The number of carbonyl (C=O) groups is 1. The summed E-state index contributed by atoms with van der Waals surface area (Å²) in [7, 11) is -6.43. The topological polar surface area (TPSA) is 157 Å². The predicted molar refractivity (Wildman–Crippen MR) is 137 cm³/mol. The second kappa shape index (κ2) is 10.1. The smallest absolute Gasteiger partial charge is 0.269 e. The number of benzene rings is 3. The maximum atomic E-state index is 12.9. The molecule has 11 nitrogen and oxygen atoms in total. The van der Waals surface area contributed by atoms with E-state index in [9.17, 15) is 31.7 Å². The zero-order valence-electron chi connectivity index (χ0n) is 19.0. The fourth-order valence-corrected chi connectivity index (χ4v) is 6.81. The summed E-state index contributed by atoms with van der Waals surface area (Å²) in [6.07, 6.45) is 1.08. The third kappa shape index (κ3) is 5.35. The van der Waals surface area contributed by atoms with Gasteiger partial charge in [-0.25, -0.2) is 21.8 Å². The number of amides is 1. The fraction of sp³-hybridized carbons (Fsp3) is 0.0435. The number of nitro benzene ring substituents is 1. The Labute approximate surface area is 216 Å². The highest BCUT2D eigenvalue weighted by atomic mass is 32.2. The van der Waals surface area contributed by atoms with E-state index in [2.05, 4.69) is 10.3 Å². The average Bonchev–Trinajstić information content (AvgIpc) is 3.38. The molecule has 3 aromatic carbocycles. The first-order chi connectivity index (χ1) is 17.5. The van der Waals surface area contributed by atoms with Crippen LogP contribution in [0.2, 0.25) is 0 Å². The van der Waals surface area contributed by atoms with Gasteiger partial charge in [-0.2, -0.15) is 0 Å². The van der Waals surface area contributed by atoms with E-state index < -0.39 is 30.7 Å². The van der Waals surface area contributed by atoms with Gasteiger partial charge in [0.05, 0.1) is 26.6 Å². The Kier molecular flexibility index (Phi) is 7.07. The molecule has 0 atom stereocenters. The van der Waals surface area contributed by atoms with Crippen molar-refractivity contribution in [2.45, 2.75) is 14.0 Å². The number of thiazole rings is 1. The fourth-order valence-electron chi connectivity index (χ4n) is 3.19. The van der Waals surface area contributed by atoms with Crippen LogP contribution in [0.3, 0.4) is 0 Å². The van der Waals surface area contributed by atoms with Gasteiger partial charge in [-0.1, -0.05) is 29.5 Å². The molecule has 1 N–H and O–H groups in total. The first-order valence-electron chi connectivity index (χ1n) is 10.4. The first-order valence-corrected chi connectivity index (χ1v) is 14.1. The first kappa shape index (κ1) is 25.9. The van der Waals surface area contributed by atoms with E-state index in [4.69, 9.17) is 0 Å². The lowest BCUT2D eigenvalue weighted by molar-refractivity contribution is -0.384. The normalized spacial score (nSPS) is 11.6. The van der Waals surface area contributed by atoms with Crippen LogP contribution in [0.4, 0.5) is 16.5 Å². The minimum atomic E-state index is -4.00. The zero-order chi connectivity index (χ0) is 26.8. The summed E-state index contributed by atoms with van der Waals surface area (Å²) in [5.74, 6) is -0.617. The summed E-state index contributed by atoms with van der Waals surface area (Å²) < 4.78 is 52.4. The molecule has 1 aromatic heterocycles. The highest BCUT2D eigenvalue weighted by Gasteiger charge is 2.24. The minimum absolute atomic E-state index is 0.00555. The van der Waals surface area contributed by atoms with Crippen molar-refractivity contribution in [3.63, 3.8) is 0 Å². The lowest BCUT2D eigenvalue weighted by atomic mass is 10.2. The van der Waals surface area contributed by atoms with Crippen molar-refractivity contribution in [3.8, 4) is 0 Å². The Bertz CT molecular complexity index is 1670. The molecule has 0 unspecified atom stereocenters. The molecule has 190 valence electrons. The van der Waals surface area contributed by atoms with Crippen LogP contribution >= 0.6 is 11.3 Å². The van der Waals surface area contributed by atoms with Crippen LogP contribution in [-0.2, 0) is 19.9 Å². The highest BCUT2D eigenvalue weighted by Crippen LogP contribution is 2.30. The van der Waals surface area contributed by atoms with E-state index in [1.807, 2.05) is 0 Å². The number of hydrogen-bond acceptors (Lipinski definition) is 9. The Morgan fingerprint density at radius 3 is 2.11 bits per heavy atom. The summed E-state index contributed by atoms with van der Waals surface area (Å²) >= 11 is 0.710. The molecule has 0 radical (unpaired) electrons. The number of rotatable bonds is 8. The van der Waals surface area contributed by atoms with Gasteiger partial charge < -0.3 is 0 Å². The van der Waals surface area contributed by atoms with Crippen LogP contribution < -0.4 is 9.62 Å². The number of hydrogen-bond donors (Lipinski definition) is 1. The van der Waals surface area contributed by atoms with Crippen LogP contribution in [0.5, 0.6) is 0 Å². The molecule has 0 saturated heterocycles. The molecule has 0 spiro atoms. The van der Waals surface area contributed by atoms with E-state index in [0.717, 1.165) is 34.8 Å². The molecule has 0 aliphatic rings. The van der Waals surface area contributed by atoms with Gasteiger partial charge >= 0.3 is 0 Å². The third-order valence-electron chi connectivity index (χ3n) is 5.22. The van der Waals surface area contributed by atoms with E-state index in [0.29, 0.717) is 17.0 Å². The summed E-state index contributed by atoms with van der Waals surface area (Å²) in [5.41, 5.74) is 0.366. The van der Waals surface area contributed by atoms with Gasteiger partial charge in [0.2, 0.25) is 9.84 Å². The van der Waals surface area contributed by atoms with Crippen molar-refractivity contribution in [2.24, 2.45) is 0 Å². The van der Waals surface area contributed by atoms with Crippen LogP contribution in [0.1, 0.15) is 10.4 Å². The Balaban J connectivity index is 1.48. The highest BCUT2D eigenvalue weighted by molar-refractivity contribution is 7.93. The third-order valence-corrected chi connectivity index (χ3v) is 10.2. The molecule has 0 saturated carbocycles. The summed E-state index contributed by atoms with van der Waals surface area (Å²) in [4.78, 5) is 26.6. The van der Waals surface area contributed by atoms with Crippen molar-refractivity contribution in [1.29, 1.82) is 0 Å². The lowest BCUT2D eigenvalue weighted by Crippen LogP contribution is -2.26. The number of aromatic nitrogens is 1. The predicted octanol–water partition coefficient (Wildman–Crippen LogP) is 3.96. The standard InChI is InChI=1S/C23H18N4O7S3/c1-26(17-5-3-2-4-6-17)37(33,34)20-11-7-16(8-12-20)22(28)25-23-24-15-21(35-23)36(31,32)19-13-9-18(10-14-19)27(29)30/h2-15H,1H3,(H,24,25,28). The number of nitro groups is 1. The summed E-state index contributed by atoms with van der Waals surface area (Å²) in [5, 5.41) is 13.3. The van der Waals surface area contributed by atoms with Crippen LogP contribution in [-0.4, -0.2) is 39.7 Å². The monoisotopic (exact) mass is 558 g/mol. The van der Waals surface area contributed by atoms with E-state index in [-0.39, 0.29) is 30.4 Å².